The summed E-state index contributed by atoms with van der Waals surface area (Å²) < 4.78 is 13.0. The molecular weight excluding hydrogens is 892 g/mol. The molecule has 0 N–H and O–H groups in total. The van der Waals surface area contributed by atoms with Crippen LogP contribution in [0.1, 0.15) is 26.3 Å². The summed E-state index contributed by atoms with van der Waals surface area (Å²) in [5.41, 5.74) is 11.5. The predicted octanol–water partition coefficient (Wildman–Crippen LogP) is 12.2. The maximum Gasteiger partial charge on any atom is 0.268 e. The van der Waals surface area contributed by atoms with Crippen molar-refractivity contribution in [2.24, 2.45) is 0 Å². The van der Waals surface area contributed by atoms with E-state index in [1.807, 2.05) is 59.3 Å². The second-order valence-corrected chi connectivity index (χ2v) is 15.3. The van der Waals surface area contributed by atoms with E-state index < -0.39 is 0 Å². The van der Waals surface area contributed by atoms with Crippen molar-refractivity contribution in [2.45, 2.75) is 26.2 Å². The summed E-state index contributed by atoms with van der Waals surface area (Å²) in [6.07, 6.45) is 5.47. The molecule has 0 amide bonds. The molecular formula is C52H38N4OPt-2. The van der Waals surface area contributed by atoms with E-state index >= 15 is 0 Å². The third-order valence-electron chi connectivity index (χ3n) is 10.6. The molecule has 0 aliphatic rings. The summed E-state index contributed by atoms with van der Waals surface area (Å²) in [6, 6.07) is 66.0. The van der Waals surface area contributed by atoms with Crippen LogP contribution in [0.15, 0.2) is 176 Å². The minimum Gasteiger partial charge on any atom is -0.510 e. The Kier molecular flexibility index (Phi) is 9.63. The zero-order valence-corrected chi connectivity index (χ0v) is 34.5. The van der Waals surface area contributed by atoms with Crippen molar-refractivity contribution < 1.29 is 30.4 Å². The fourth-order valence-corrected chi connectivity index (χ4v) is 7.75. The molecule has 0 saturated carbocycles. The van der Waals surface area contributed by atoms with Crippen LogP contribution in [0.2, 0.25) is 0 Å². The van der Waals surface area contributed by atoms with Crippen LogP contribution in [0.5, 0.6) is 11.5 Å². The molecule has 0 spiro atoms. The summed E-state index contributed by atoms with van der Waals surface area (Å²) in [7, 11) is 0. The average Bonchev–Trinajstić information content (AvgIpc) is 3.80. The number of benzene rings is 7. The predicted molar refractivity (Wildman–Crippen MR) is 230 cm³/mol. The minimum atomic E-state index is -0.0669. The second-order valence-electron chi connectivity index (χ2n) is 15.3. The number of hydrogen-bond donors (Lipinski definition) is 0. The Morgan fingerprint density at radius 1 is 0.603 bits per heavy atom. The van der Waals surface area contributed by atoms with Gasteiger partial charge in [-0.3, -0.25) is 4.57 Å². The van der Waals surface area contributed by atoms with Crippen LogP contribution in [0.3, 0.4) is 0 Å². The van der Waals surface area contributed by atoms with Crippen molar-refractivity contribution in [2.75, 3.05) is 0 Å². The second kappa shape index (κ2) is 15.1. The van der Waals surface area contributed by atoms with E-state index in [1.165, 1.54) is 5.56 Å². The molecule has 10 aromatic rings. The standard InChI is InChI=1S/C52H38N4O.Pt/c1-52(2,3)39-28-29-53-50(32-39)56-48-34-43(26-27-44(48)51-45(37-18-9-5-10-19-37)30-38(31-49(51)56)36-16-7-4-8-17-36)57-42-23-15-22-41(33-42)55-35-54(40-20-11-6-12-21-40)46-24-13-14-25-47(46)55;/h4-32H,1-3H3;/q-2;. The number of aromatic nitrogens is 4. The van der Waals surface area contributed by atoms with Gasteiger partial charge in [0.1, 0.15) is 5.82 Å². The number of rotatable bonds is 7. The van der Waals surface area contributed by atoms with Crippen LogP contribution in [-0.4, -0.2) is 14.1 Å². The summed E-state index contributed by atoms with van der Waals surface area (Å²) in [4.78, 5) is 5.00. The molecule has 0 fully saturated rings. The van der Waals surface area contributed by atoms with Crippen LogP contribution < -0.4 is 9.30 Å². The molecule has 0 bridgehead atoms. The number of nitrogens with zero attached hydrogens (tertiary/aromatic N) is 4. The van der Waals surface area contributed by atoms with Gasteiger partial charge in [-0.25, -0.2) is 4.98 Å². The summed E-state index contributed by atoms with van der Waals surface area (Å²) in [6.45, 7) is 6.70. The van der Waals surface area contributed by atoms with E-state index in [2.05, 4.69) is 170 Å². The zero-order chi connectivity index (χ0) is 38.5. The quantitative estimate of drug-likeness (QED) is 0.118. The Morgan fingerprint density at radius 2 is 1.29 bits per heavy atom. The Balaban J connectivity index is 0.00000436. The van der Waals surface area contributed by atoms with Crippen molar-refractivity contribution in [1.29, 1.82) is 0 Å². The molecule has 0 aliphatic carbocycles. The average molecular weight is 930 g/mol. The van der Waals surface area contributed by atoms with Crippen molar-refractivity contribution in [3.8, 4) is 50.9 Å². The molecule has 7 aromatic carbocycles. The molecule has 10 rings (SSSR count). The van der Waals surface area contributed by atoms with E-state index in [0.29, 0.717) is 11.5 Å². The molecule has 0 saturated heterocycles. The summed E-state index contributed by atoms with van der Waals surface area (Å²) >= 11 is 0. The first-order valence-electron chi connectivity index (χ1n) is 19.2. The fourth-order valence-electron chi connectivity index (χ4n) is 7.75. The number of para-hydroxylation sites is 3. The van der Waals surface area contributed by atoms with Gasteiger partial charge >= 0.3 is 0 Å². The van der Waals surface area contributed by atoms with Crippen LogP contribution in [0, 0.1) is 18.5 Å². The SMILES string of the molecule is CC(C)(C)c1ccnc(-n2c3[c-]c(Oc4[c-]c(-n5[c-][n+](-c6ccccc6)c6ccccc65)ccc4)ccc3c3c(-c4ccccc4)cc(-c4ccccc4)cc32)c1.[Pt]. The number of imidazole rings is 1. The van der Waals surface area contributed by atoms with Crippen molar-refractivity contribution >= 4 is 32.8 Å². The Bertz CT molecular complexity index is 3070. The van der Waals surface area contributed by atoms with E-state index in [9.17, 15) is 0 Å². The van der Waals surface area contributed by atoms with Gasteiger partial charge in [0.25, 0.3) is 6.33 Å². The first-order valence-corrected chi connectivity index (χ1v) is 19.2. The molecule has 3 aromatic heterocycles. The van der Waals surface area contributed by atoms with Gasteiger partial charge in [-0.2, -0.15) is 18.2 Å². The van der Waals surface area contributed by atoms with E-state index in [1.54, 1.807) is 0 Å². The third kappa shape index (κ3) is 6.72. The van der Waals surface area contributed by atoms with Crippen LogP contribution in [-0.2, 0) is 26.5 Å². The minimum absolute atomic E-state index is 0. The first kappa shape index (κ1) is 37.0. The van der Waals surface area contributed by atoms with Gasteiger partial charge in [0.15, 0.2) is 0 Å². The third-order valence-corrected chi connectivity index (χ3v) is 10.6. The number of ether oxygens (including phenoxy) is 1. The molecule has 0 radical (unpaired) electrons. The fraction of sp³-hybridized carbons (Fsp3) is 0.0769. The number of hydrogen-bond acceptors (Lipinski definition) is 2. The molecule has 0 unspecified atom stereocenters. The number of fused-ring (bicyclic) bond motifs is 4. The maximum absolute atomic E-state index is 6.65. The van der Waals surface area contributed by atoms with Gasteiger partial charge in [0, 0.05) is 44.3 Å². The monoisotopic (exact) mass is 929 g/mol. The normalized spacial score (nSPS) is 11.6. The van der Waals surface area contributed by atoms with Gasteiger partial charge in [-0.05, 0) is 80.7 Å². The molecule has 284 valence electrons. The first-order chi connectivity index (χ1) is 27.9. The summed E-state index contributed by atoms with van der Waals surface area (Å²) in [5, 5.41) is 2.20. The molecule has 58 heavy (non-hydrogen) atoms. The van der Waals surface area contributed by atoms with Gasteiger partial charge < -0.3 is 13.9 Å². The Labute approximate surface area is 352 Å². The van der Waals surface area contributed by atoms with Crippen LogP contribution in [0.4, 0.5) is 0 Å². The topological polar surface area (TPSA) is 35.9 Å². The zero-order valence-electron chi connectivity index (χ0n) is 32.3. The van der Waals surface area contributed by atoms with Crippen molar-refractivity contribution in [1.82, 2.24) is 14.1 Å². The largest absolute Gasteiger partial charge is 0.510 e. The molecule has 5 nitrogen and oxygen atoms in total. The van der Waals surface area contributed by atoms with Gasteiger partial charge in [-0.15, -0.1) is 29.7 Å². The molecule has 3 heterocycles. The van der Waals surface area contributed by atoms with E-state index in [-0.39, 0.29) is 26.5 Å². The van der Waals surface area contributed by atoms with E-state index in [0.717, 1.165) is 72.3 Å². The summed E-state index contributed by atoms with van der Waals surface area (Å²) in [5.74, 6) is 1.99. The van der Waals surface area contributed by atoms with Crippen molar-refractivity contribution in [3.05, 3.63) is 200 Å². The maximum atomic E-state index is 6.65. The molecule has 0 atom stereocenters. The van der Waals surface area contributed by atoms with E-state index in [4.69, 9.17) is 9.72 Å². The van der Waals surface area contributed by atoms with Crippen LogP contribution >= 0.6 is 0 Å². The molecule has 0 aliphatic heterocycles. The van der Waals surface area contributed by atoms with Gasteiger partial charge in [-0.1, -0.05) is 129 Å². The van der Waals surface area contributed by atoms with Gasteiger partial charge in [0.05, 0.1) is 16.7 Å². The Hall–Kier alpha value is -6.55. The Morgan fingerprint density at radius 3 is 2.05 bits per heavy atom. The molecule has 6 heteroatoms. The number of pyridine rings is 1. The van der Waals surface area contributed by atoms with Gasteiger partial charge in [0.2, 0.25) is 0 Å². The smallest absolute Gasteiger partial charge is 0.268 e. The van der Waals surface area contributed by atoms with Crippen LogP contribution in [0.25, 0.3) is 72.3 Å². The van der Waals surface area contributed by atoms with Crippen molar-refractivity contribution in [3.63, 3.8) is 0 Å².